The van der Waals surface area contributed by atoms with E-state index in [4.69, 9.17) is 9.47 Å². The Labute approximate surface area is 203 Å². The Balaban J connectivity index is 1.16. The zero-order valence-corrected chi connectivity index (χ0v) is 19.5. The number of benzene rings is 3. The average Bonchev–Trinajstić information content (AvgIpc) is 2.91. The van der Waals surface area contributed by atoms with Crippen LogP contribution in [0.5, 0.6) is 11.5 Å². The maximum Gasteiger partial charge on any atom is 0.242 e. The SMILES string of the molecule is O=C(Cn1c2ccccc2c(=O)c2ccccc21)N1CCN(Cc2ccc3c(c2)OCCO3)CC1. The largest absolute Gasteiger partial charge is 0.486 e. The highest BCUT2D eigenvalue weighted by atomic mass is 16.6. The first-order chi connectivity index (χ1) is 17.2. The summed E-state index contributed by atoms with van der Waals surface area (Å²) in [5.41, 5.74) is 2.77. The van der Waals surface area contributed by atoms with Crippen molar-refractivity contribution in [2.45, 2.75) is 13.1 Å². The number of rotatable bonds is 4. The summed E-state index contributed by atoms with van der Waals surface area (Å²) >= 11 is 0. The van der Waals surface area contributed by atoms with Crippen LogP contribution < -0.4 is 14.9 Å². The van der Waals surface area contributed by atoms with Crippen LogP contribution in [-0.4, -0.2) is 59.7 Å². The first kappa shape index (κ1) is 21.7. The van der Waals surface area contributed by atoms with Crippen molar-refractivity contribution in [3.63, 3.8) is 0 Å². The zero-order valence-electron chi connectivity index (χ0n) is 19.5. The minimum atomic E-state index is 0.00709. The van der Waals surface area contributed by atoms with Crippen LogP contribution in [0.15, 0.2) is 71.5 Å². The summed E-state index contributed by atoms with van der Waals surface area (Å²) in [6.07, 6.45) is 0. The van der Waals surface area contributed by atoms with Crippen LogP contribution in [0.4, 0.5) is 0 Å². The van der Waals surface area contributed by atoms with E-state index in [1.165, 1.54) is 5.56 Å². The van der Waals surface area contributed by atoms with Gasteiger partial charge >= 0.3 is 0 Å². The minimum Gasteiger partial charge on any atom is -0.486 e. The molecule has 1 amide bonds. The summed E-state index contributed by atoms with van der Waals surface area (Å²) in [5, 5.41) is 1.28. The summed E-state index contributed by atoms with van der Waals surface area (Å²) < 4.78 is 13.3. The maximum absolute atomic E-state index is 13.3. The molecule has 4 aromatic rings. The Morgan fingerprint density at radius 1 is 0.771 bits per heavy atom. The molecule has 7 nitrogen and oxygen atoms in total. The Kier molecular flexibility index (Phi) is 5.62. The van der Waals surface area contributed by atoms with Crippen molar-refractivity contribution < 1.29 is 14.3 Å². The molecular formula is C28H27N3O4. The summed E-state index contributed by atoms with van der Waals surface area (Å²) in [5.74, 6) is 1.68. The normalized spacial score (nSPS) is 16.1. The van der Waals surface area contributed by atoms with Crippen LogP contribution in [-0.2, 0) is 17.9 Å². The number of fused-ring (bicyclic) bond motifs is 3. The minimum absolute atomic E-state index is 0.00709. The zero-order chi connectivity index (χ0) is 23.8. The van der Waals surface area contributed by atoms with Crippen LogP contribution in [0, 0.1) is 0 Å². The molecule has 178 valence electrons. The number of carbonyl (C=O) groups excluding carboxylic acids is 1. The van der Waals surface area contributed by atoms with Crippen LogP contribution in [0.2, 0.25) is 0 Å². The lowest BCUT2D eigenvalue weighted by Gasteiger charge is -2.35. The van der Waals surface area contributed by atoms with E-state index >= 15 is 0 Å². The van der Waals surface area contributed by atoms with Gasteiger partial charge in [0.25, 0.3) is 0 Å². The molecule has 0 atom stereocenters. The fourth-order valence-corrected chi connectivity index (χ4v) is 5.08. The Morgan fingerprint density at radius 3 is 2.09 bits per heavy atom. The van der Waals surface area contributed by atoms with E-state index in [2.05, 4.69) is 17.0 Å². The number of amides is 1. The van der Waals surface area contributed by atoms with Crippen LogP contribution >= 0.6 is 0 Å². The van der Waals surface area contributed by atoms with Gasteiger partial charge in [-0.25, -0.2) is 0 Å². The van der Waals surface area contributed by atoms with E-state index in [0.717, 1.165) is 42.2 Å². The molecule has 2 aliphatic heterocycles. The maximum atomic E-state index is 13.3. The standard InChI is InChI=1S/C28H27N3O4/c32-27(19-31-23-7-3-1-5-21(23)28(33)22-6-2-4-8-24(22)31)30-13-11-29(12-14-30)18-20-9-10-25-26(17-20)35-16-15-34-25/h1-10,17H,11-16,18-19H2. The number of ether oxygens (including phenoxy) is 2. The number of aromatic nitrogens is 1. The van der Waals surface area contributed by atoms with Crippen molar-refractivity contribution >= 4 is 27.7 Å². The number of para-hydroxylation sites is 2. The van der Waals surface area contributed by atoms with Gasteiger partial charge < -0.3 is 18.9 Å². The molecule has 1 aromatic heterocycles. The van der Waals surface area contributed by atoms with Gasteiger partial charge in [-0.1, -0.05) is 30.3 Å². The smallest absolute Gasteiger partial charge is 0.242 e. The second-order valence-electron chi connectivity index (χ2n) is 9.08. The number of hydrogen-bond donors (Lipinski definition) is 0. The first-order valence-electron chi connectivity index (χ1n) is 12.1. The molecular weight excluding hydrogens is 442 g/mol. The predicted octanol–water partition coefficient (Wildman–Crippen LogP) is 3.27. The summed E-state index contributed by atoms with van der Waals surface area (Å²) in [4.78, 5) is 30.6. The lowest BCUT2D eigenvalue weighted by atomic mass is 10.1. The number of hydrogen-bond acceptors (Lipinski definition) is 5. The number of carbonyl (C=O) groups is 1. The molecule has 0 bridgehead atoms. The van der Waals surface area contributed by atoms with E-state index in [1.54, 1.807) is 0 Å². The average molecular weight is 470 g/mol. The molecule has 3 heterocycles. The highest BCUT2D eigenvalue weighted by Crippen LogP contribution is 2.31. The van der Waals surface area contributed by atoms with Gasteiger partial charge in [-0.15, -0.1) is 0 Å². The molecule has 7 heteroatoms. The fraction of sp³-hybridized carbons (Fsp3) is 0.286. The summed E-state index contributed by atoms with van der Waals surface area (Å²) in [6.45, 7) is 5.18. The fourth-order valence-electron chi connectivity index (χ4n) is 5.08. The van der Waals surface area contributed by atoms with Gasteiger partial charge in [-0.05, 0) is 42.0 Å². The Morgan fingerprint density at radius 2 is 1.40 bits per heavy atom. The van der Waals surface area contributed by atoms with Crippen molar-refractivity contribution in [1.29, 1.82) is 0 Å². The van der Waals surface area contributed by atoms with E-state index < -0.39 is 0 Å². The molecule has 1 fully saturated rings. The molecule has 0 saturated carbocycles. The number of piperazine rings is 1. The van der Waals surface area contributed by atoms with E-state index in [9.17, 15) is 9.59 Å². The van der Waals surface area contributed by atoms with Crippen molar-refractivity contribution in [1.82, 2.24) is 14.4 Å². The number of nitrogens with zero attached hydrogens (tertiary/aromatic N) is 3. The monoisotopic (exact) mass is 469 g/mol. The van der Waals surface area contributed by atoms with Crippen molar-refractivity contribution in [2.75, 3.05) is 39.4 Å². The summed E-state index contributed by atoms with van der Waals surface area (Å²) in [7, 11) is 0. The van der Waals surface area contributed by atoms with Gasteiger partial charge in [-0.2, -0.15) is 0 Å². The van der Waals surface area contributed by atoms with E-state index in [0.29, 0.717) is 37.1 Å². The molecule has 35 heavy (non-hydrogen) atoms. The van der Waals surface area contributed by atoms with E-state index in [1.807, 2.05) is 64.1 Å². The van der Waals surface area contributed by atoms with Crippen LogP contribution in [0.25, 0.3) is 21.8 Å². The third-order valence-corrected chi connectivity index (χ3v) is 6.91. The van der Waals surface area contributed by atoms with Crippen LogP contribution in [0.3, 0.4) is 0 Å². The first-order valence-corrected chi connectivity index (χ1v) is 12.1. The van der Waals surface area contributed by atoms with Crippen molar-refractivity contribution in [3.8, 4) is 11.5 Å². The van der Waals surface area contributed by atoms with Gasteiger partial charge in [0.05, 0.1) is 11.0 Å². The molecule has 0 aliphatic carbocycles. The van der Waals surface area contributed by atoms with Gasteiger partial charge in [0.2, 0.25) is 5.91 Å². The lowest BCUT2D eigenvalue weighted by molar-refractivity contribution is -0.133. The van der Waals surface area contributed by atoms with Gasteiger partial charge in [0, 0.05) is 43.5 Å². The highest BCUT2D eigenvalue weighted by Gasteiger charge is 2.23. The Hall–Kier alpha value is -3.84. The highest BCUT2D eigenvalue weighted by molar-refractivity contribution is 5.94. The second kappa shape index (κ2) is 9.07. The van der Waals surface area contributed by atoms with Crippen molar-refractivity contribution in [2.24, 2.45) is 0 Å². The molecule has 0 spiro atoms. The topological polar surface area (TPSA) is 64.0 Å². The number of pyridine rings is 1. The molecule has 0 radical (unpaired) electrons. The molecule has 3 aromatic carbocycles. The second-order valence-corrected chi connectivity index (χ2v) is 9.08. The quantitative estimate of drug-likeness (QED) is 0.430. The third kappa shape index (κ3) is 4.12. The Bertz CT molecular complexity index is 1410. The molecule has 1 saturated heterocycles. The predicted molar refractivity (Wildman–Crippen MR) is 135 cm³/mol. The van der Waals surface area contributed by atoms with Gasteiger partial charge in [-0.3, -0.25) is 14.5 Å². The van der Waals surface area contributed by atoms with Gasteiger partial charge in [0.1, 0.15) is 19.8 Å². The molecule has 6 rings (SSSR count). The third-order valence-electron chi connectivity index (χ3n) is 6.91. The van der Waals surface area contributed by atoms with Crippen molar-refractivity contribution in [3.05, 3.63) is 82.5 Å². The molecule has 2 aliphatic rings. The molecule has 0 N–H and O–H groups in total. The van der Waals surface area contributed by atoms with Gasteiger partial charge in [0.15, 0.2) is 16.9 Å². The van der Waals surface area contributed by atoms with E-state index in [-0.39, 0.29) is 17.9 Å². The summed E-state index contributed by atoms with van der Waals surface area (Å²) in [6, 6.07) is 21.2. The van der Waals surface area contributed by atoms with Crippen LogP contribution in [0.1, 0.15) is 5.56 Å². The molecule has 0 unspecified atom stereocenters. The lowest BCUT2D eigenvalue weighted by Crippen LogP contribution is -2.49.